The third kappa shape index (κ3) is 1.44. The highest BCUT2D eigenvalue weighted by atomic mass is 16.5. The summed E-state index contributed by atoms with van der Waals surface area (Å²) < 4.78 is 5.19. The van der Waals surface area contributed by atoms with Crippen molar-refractivity contribution in [2.45, 2.75) is 20.0 Å². The topological polar surface area (TPSA) is 32.7 Å². The van der Waals surface area contributed by atoms with Crippen LogP contribution in [0.1, 0.15) is 6.92 Å². The van der Waals surface area contributed by atoms with Crippen LogP contribution in [0.2, 0.25) is 6.82 Å². The molecule has 0 radical (unpaired) electrons. The van der Waals surface area contributed by atoms with Crippen molar-refractivity contribution in [3.63, 3.8) is 0 Å². The normalized spacial score (nSPS) is 29.0. The SMILES string of the molecule is CB(O)N1CCOC1C. The van der Waals surface area contributed by atoms with Crippen LogP contribution in [0.3, 0.4) is 0 Å². The van der Waals surface area contributed by atoms with Crippen LogP contribution in [0.15, 0.2) is 0 Å². The first-order valence-electron chi connectivity index (χ1n) is 3.27. The molecule has 1 unspecified atom stereocenters. The molecule has 1 aliphatic rings. The molecule has 0 aromatic carbocycles. The first kappa shape index (κ1) is 7.06. The lowest BCUT2D eigenvalue weighted by Gasteiger charge is -2.18. The van der Waals surface area contributed by atoms with Gasteiger partial charge in [-0.3, -0.25) is 4.81 Å². The minimum absolute atomic E-state index is 0.0880. The van der Waals surface area contributed by atoms with Gasteiger partial charge in [0.05, 0.1) is 12.8 Å². The van der Waals surface area contributed by atoms with E-state index < -0.39 is 0 Å². The summed E-state index contributed by atoms with van der Waals surface area (Å²) in [6, 6.07) is 0. The van der Waals surface area contributed by atoms with Crippen molar-refractivity contribution in [2.75, 3.05) is 13.2 Å². The molecular weight excluding hydrogens is 117 g/mol. The molecule has 0 bridgehead atoms. The fraction of sp³-hybridized carbons (Fsp3) is 1.00. The van der Waals surface area contributed by atoms with Crippen molar-refractivity contribution in [3.05, 3.63) is 0 Å². The molecule has 3 nitrogen and oxygen atoms in total. The fourth-order valence-electron chi connectivity index (χ4n) is 1.10. The number of rotatable bonds is 1. The van der Waals surface area contributed by atoms with Crippen molar-refractivity contribution in [2.24, 2.45) is 0 Å². The van der Waals surface area contributed by atoms with E-state index in [1.165, 1.54) is 0 Å². The molecule has 1 heterocycles. The average molecular weight is 129 g/mol. The van der Waals surface area contributed by atoms with Crippen molar-refractivity contribution < 1.29 is 9.76 Å². The van der Waals surface area contributed by atoms with E-state index in [0.717, 1.165) is 13.2 Å². The zero-order valence-electron chi connectivity index (χ0n) is 5.87. The lowest BCUT2D eigenvalue weighted by Crippen LogP contribution is -2.39. The summed E-state index contributed by atoms with van der Waals surface area (Å²) in [5.41, 5.74) is 0. The summed E-state index contributed by atoms with van der Waals surface area (Å²) in [4.78, 5) is 1.90. The van der Waals surface area contributed by atoms with Gasteiger partial charge in [0.15, 0.2) is 0 Å². The number of nitrogens with zero attached hydrogens (tertiary/aromatic N) is 1. The third-order valence-electron chi connectivity index (χ3n) is 1.66. The van der Waals surface area contributed by atoms with E-state index in [2.05, 4.69) is 0 Å². The van der Waals surface area contributed by atoms with Crippen molar-refractivity contribution >= 4 is 7.05 Å². The molecule has 1 rings (SSSR count). The lowest BCUT2D eigenvalue weighted by atomic mass is 9.85. The lowest BCUT2D eigenvalue weighted by molar-refractivity contribution is 0.0777. The average Bonchev–Trinajstić information content (AvgIpc) is 2.13. The molecule has 1 fully saturated rings. The Hall–Kier alpha value is -0.0551. The van der Waals surface area contributed by atoms with Gasteiger partial charge in [0, 0.05) is 6.54 Å². The zero-order valence-corrected chi connectivity index (χ0v) is 5.87. The van der Waals surface area contributed by atoms with Gasteiger partial charge in [0.2, 0.25) is 0 Å². The summed E-state index contributed by atoms with van der Waals surface area (Å²) in [6.07, 6.45) is 0.0880. The Morgan fingerprint density at radius 3 is 2.67 bits per heavy atom. The summed E-state index contributed by atoms with van der Waals surface area (Å²) >= 11 is 0. The first-order valence-corrected chi connectivity index (χ1v) is 3.27. The second-order valence-electron chi connectivity index (χ2n) is 2.34. The van der Waals surface area contributed by atoms with Crippen LogP contribution in [0.4, 0.5) is 0 Å². The summed E-state index contributed by atoms with van der Waals surface area (Å²) in [5.74, 6) is 0. The van der Waals surface area contributed by atoms with Gasteiger partial charge < -0.3 is 9.76 Å². The Morgan fingerprint density at radius 2 is 2.44 bits per heavy atom. The van der Waals surface area contributed by atoms with E-state index in [0.29, 0.717) is 0 Å². The Labute approximate surface area is 55.7 Å². The van der Waals surface area contributed by atoms with E-state index in [9.17, 15) is 0 Å². The molecule has 1 saturated heterocycles. The maximum Gasteiger partial charge on any atom is 0.378 e. The van der Waals surface area contributed by atoms with Gasteiger partial charge >= 0.3 is 7.05 Å². The van der Waals surface area contributed by atoms with Gasteiger partial charge in [0.25, 0.3) is 0 Å². The second-order valence-corrected chi connectivity index (χ2v) is 2.34. The van der Waals surface area contributed by atoms with E-state index in [1.54, 1.807) is 6.82 Å². The molecule has 0 aliphatic carbocycles. The molecule has 52 valence electrons. The zero-order chi connectivity index (χ0) is 6.85. The van der Waals surface area contributed by atoms with Gasteiger partial charge in [-0.15, -0.1) is 0 Å². The largest absolute Gasteiger partial charge is 0.437 e. The summed E-state index contributed by atoms with van der Waals surface area (Å²) in [7, 11) is -0.373. The summed E-state index contributed by atoms with van der Waals surface area (Å²) in [5, 5.41) is 9.07. The Morgan fingerprint density at radius 1 is 1.78 bits per heavy atom. The molecular formula is C5H12BNO2. The number of ether oxygens (including phenoxy) is 1. The van der Waals surface area contributed by atoms with Crippen LogP contribution < -0.4 is 0 Å². The van der Waals surface area contributed by atoms with E-state index in [-0.39, 0.29) is 13.3 Å². The molecule has 9 heavy (non-hydrogen) atoms. The third-order valence-corrected chi connectivity index (χ3v) is 1.66. The first-order chi connectivity index (χ1) is 4.22. The maximum absolute atomic E-state index is 9.07. The van der Waals surface area contributed by atoms with Crippen LogP contribution in [0.25, 0.3) is 0 Å². The minimum atomic E-state index is -0.373. The number of hydrogen-bond acceptors (Lipinski definition) is 3. The molecule has 0 aromatic heterocycles. The monoisotopic (exact) mass is 129 g/mol. The van der Waals surface area contributed by atoms with Crippen molar-refractivity contribution in [1.82, 2.24) is 4.81 Å². The molecule has 0 saturated carbocycles. The predicted molar refractivity (Wildman–Crippen MR) is 36.0 cm³/mol. The van der Waals surface area contributed by atoms with E-state index in [4.69, 9.17) is 9.76 Å². The van der Waals surface area contributed by atoms with Gasteiger partial charge in [-0.1, -0.05) is 0 Å². The Bertz CT molecular complexity index is 99.0. The molecule has 1 atom stereocenters. The van der Waals surface area contributed by atoms with Crippen molar-refractivity contribution in [1.29, 1.82) is 0 Å². The van der Waals surface area contributed by atoms with E-state index in [1.807, 2.05) is 11.7 Å². The Balaban J connectivity index is 2.40. The van der Waals surface area contributed by atoms with Gasteiger partial charge in [0.1, 0.15) is 0 Å². The predicted octanol–water partition coefficient (Wildman–Crippen LogP) is -0.225. The molecule has 0 amide bonds. The van der Waals surface area contributed by atoms with Gasteiger partial charge in [-0.2, -0.15) is 0 Å². The van der Waals surface area contributed by atoms with Crippen molar-refractivity contribution in [3.8, 4) is 0 Å². The molecule has 1 N–H and O–H groups in total. The van der Waals surface area contributed by atoms with Crippen LogP contribution >= 0.6 is 0 Å². The van der Waals surface area contributed by atoms with E-state index >= 15 is 0 Å². The molecule has 4 heteroatoms. The van der Waals surface area contributed by atoms with Crippen LogP contribution in [0.5, 0.6) is 0 Å². The molecule has 0 aromatic rings. The smallest absolute Gasteiger partial charge is 0.378 e. The highest BCUT2D eigenvalue weighted by Gasteiger charge is 2.26. The maximum atomic E-state index is 9.07. The standard InChI is InChI=1S/C5H12BNO2/c1-5-7(6(2)8)3-4-9-5/h5,8H,3-4H2,1-2H3. The highest BCUT2D eigenvalue weighted by molar-refractivity contribution is 6.45. The quantitative estimate of drug-likeness (QED) is 0.496. The molecule has 0 spiro atoms. The van der Waals surface area contributed by atoms with Crippen LogP contribution in [0, 0.1) is 0 Å². The van der Waals surface area contributed by atoms with Crippen LogP contribution in [-0.4, -0.2) is 36.3 Å². The van der Waals surface area contributed by atoms with Gasteiger partial charge in [-0.05, 0) is 13.7 Å². The minimum Gasteiger partial charge on any atom is -0.437 e. The van der Waals surface area contributed by atoms with Gasteiger partial charge in [-0.25, -0.2) is 0 Å². The Kier molecular flexibility index (Phi) is 2.11. The second kappa shape index (κ2) is 2.69. The summed E-state index contributed by atoms with van der Waals surface area (Å²) in [6.45, 7) is 5.29. The fourth-order valence-corrected chi connectivity index (χ4v) is 1.10. The number of hydrogen-bond donors (Lipinski definition) is 1. The highest BCUT2D eigenvalue weighted by Crippen LogP contribution is 2.08. The molecule has 1 aliphatic heterocycles. The van der Waals surface area contributed by atoms with Crippen LogP contribution in [-0.2, 0) is 4.74 Å².